The molecule has 21 heavy (non-hydrogen) atoms. The molecule has 0 heterocycles. The summed E-state index contributed by atoms with van der Waals surface area (Å²) in [5, 5.41) is 13.0. The highest BCUT2D eigenvalue weighted by Gasteiger charge is 2.15. The lowest BCUT2D eigenvalue weighted by atomic mass is 10.1. The van der Waals surface area contributed by atoms with E-state index in [1.54, 1.807) is 14.2 Å². The molecular weight excluding hydrogens is 268 g/mol. The van der Waals surface area contributed by atoms with Gasteiger partial charge in [-0.2, -0.15) is 0 Å². The maximum atomic E-state index is 9.64. The summed E-state index contributed by atoms with van der Waals surface area (Å²) >= 11 is 0. The highest BCUT2D eigenvalue weighted by molar-refractivity contribution is 5.42. The van der Waals surface area contributed by atoms with Crippen molar-refractivity contribution in [3.8, 4) is 11.5 Å². The van der Waals surface area contributed by atoms with E-state index in [0.717, 1.165) is 43.2 Å². The Kier molecular flexibility index (Phi) is 8.12. The number of hydrogen-bond donors (Lipinski definition) is 2. The van der Waals surface area contributed by atoms with E-state index >= 15 is 0 Å². The molecule has 2 N–H and O–H groups in total. The van der Waals surface area contributed by atoms with Crippen molar-refractivity contribution in [2.24, 2.45) is 0 Å². The molecule has 0 aliphatic rings. The summed E-state index contributed by atoms with van der Waals surface area (Å²) in [6.07, 6.45) is 0. The summed E-state index contributed by atoms with van der Waals surface area (Å²) in [6, 6.07) is 5.51. The number of nitrogens with zero attached hydrogens (tertiary/aromatic N) is 1. The molecule has 0 aliphatic carbocycles. The molecule has 1 atom stereocenters. The normalized spacial score (nSPS) is 12.5. The van der Waals surface area contributed by atoms with Crippen molar-refractivity contribution in [1.82, 2.24) is 10.2 Å². The van der Waals surface area contributed by atoms with Gasteiger partial charge in [-0.05, 0) is 25.2 Å². The molecule has 0 bridgehead atoms. The Morgan fingerprint density at radius 2 is 1.90 bits per heavy atom. The second kappa shape index (κ2) is 9.60. The Labute approximate surface area is 127 Å². The van der Waals surface area contributed by atoms with Crippen molar-refractivity contribution in [2.45, 2.75) is 19.9 Å². The van der Waals surface area contributed by atoms with Gasteiger partial charge in [0.05, 0.1) is 26.9 Å². The molecule has 1 rings (SSSR count). The number of likely N-dealkylation sites (N-methyl/N-ethyl adjacent to an activating group) is 1. The van der Waals surface area contributed by atoms with Gasteiger partial charge in [-0.15, -0.1) is 0 Å². The van der Waals surface area contributed by atoms with Crippen molar-refractivity contribution in [2.75, 3.05) is 47.0 Å². The maximum absolute atomic E-state index is 9.64. The molecule has 1 unspecified atom stereocenters. The number of aliphatic hydroxyl groups is 1. The van der Waals surface area contributed by atoms with Crippen molar-refractivity contribution in [3.05, 3.63) is 23.8 Å². The van der Waals surface area contributed by atoms with E-state index in [4.69, 9.17) is 9.47 Å². The van der Waals surface area contributed by atoms with Crippen LogP contribution in [0.2, 0.25) is 0 Å². The van der Waals surface area contributed by atoms with Gasteiger partial charge < -0.3 is 24.8 Å². The van der Waals surface area contributed by atoms with Crippen LogP contribution in [0.3, 0.4) is 0 Å². The molecule has 1 aromatic rings. The minimum atomic E-state index is -0.138. The van der Waals surface area contributed by atoms with Crippen molar-refractivity contribution >= 4 is 0 Å². The molecule has 0 aliphatic heterocycles. The van der Waals surface area contributed by atoms with E-state index < -0.39 is 0 Å². The van der Waals surface area contributed by atoms with Crippen LogP contribution in [0.15, 0.2) is 18.2 Å². The topological polar surface area (TPSA) is 54.0 Å². The van der Waals surface area contributed by atoms with Gasteiger partial charge in [-0.3, -0.25) is 0 Å². The van der Waals surface area contributed by atoms with Crippen molar-refractivity contribution in [1.29, 1.82) is 0 Å². The molecule has 1 aromatic carbocycles. The SMILES string of the molecule is CCN(CC)CCNC(CO)c1ccc(OC)cc1OC. The predicted octanol–water partition coefficient (Wildman–Crippen LogP) is 1.67. The Balaban J connectivity index is 2.71. The number of rotatable bonds is 10. The number of ether oxygens (including phenoxy) is 2. The van der Waals surface area contributed by atoms with Crippen LogP contribution < -0.4 is 14.8 Å². The van der Waals surface area contributed by atoms with Crippen LogP contribution in [-0.2, 0) is 0 Å². The maximum Gasteiger partial charge on any atom is 0.127 e. The third kappa shape index (κ3) is 5.19. The summed E-state index contributed by atoms with van der Waals surface area (Å²) < 4.78 is 10.6. The van der Waals surface area contributed by atoms with Crippen molar-refractivity contribution < 1.29 is 14.6 Å². The fourth-order valence-corrected chi connectivity index (χ4v) is 2.32. The molecule has 0 spiro atoms. The second-order valence-electron chi connectivity index (χ2n) is 4.82. The van der Waals surface area contributed by atoms with Gasteiger partial charge in [0.2, 0.25) is 0 Å². The van der Waals surface area contributed by atoms with Gasteiger partial charge in [0.1, 0.15) is 11.5 Å². The summed E-state index contributed by atoms with van der Waals surface area (Å²) in [5.74, 6) is 1.47. The highest BCUT2D eigenvalue weighted by atomic mass is 16.5. The molecule has 0 amide bonds. The van der Waals surface area contributed by atoms with Crippen LogP contribution in [0.25, 0.3) is 0 Å². The van der Waals surface area contributed by atoms with Gasteiger partial charge in [-0.1, -0.05) is 13.8 Å². The molecule has 0 fully saturated rings. The first-order valence-electron chi connectivity index (χ1n) is 7.48. The first kappa shape index (κ1) is 17.8. The van der Waals surface area contributed by atoms with E-state index in [0.29, 0.717) is 0 Å². The quantitative estimate of drug-likeness (QED) is 0.688. The predicted molar refractivity (Wildman–Crippen MR) is 85.2 cm³/mol. The van der Waals surface area contributed by atoms with Crippen LogP contribution in [0.5, 0.6) is 11.5 Å². The molecule has 0 saturated heterocycles. The van der Waals surface area contributed by atoms with E-state index in [-0.39, 0.29) is 12.6 Å². The standard InChI is InChI=1S/C16H28N2O3/c1-5-18(6-2)10-9-17-15(12-19)14-8-7-13(20-3)11-16(14)21-4/h7-8,11,15,17,19H,5-6,9-10,12H2,1-4H3. The second-order valence-corrected chi connectivity index (χ2v) is 4.82. The summed E-state index contributed by atoms with van der Waals surface area (Å²) in [4.78, 5) is 2.34. The lowest BCUT2D eigenvalue weighted by molar-refractivity contribution is 0.230. The number of aliphatic hydroxyl groups excluding tert-OH is 1. The van der Waals surface area contributed by atoms with Gasteiger partial charge in [0.25, 0.3) is 0 Å². The van der Waals surface area contributed by atoms with Crippen LogP contribution in [0, 0.1) is 0 Å². The Hall–Kier alpha value is -1.30. The number of benzene rings is 1. The zero-order valence-corrected chi connectivity index (χ0v) is 13.6. The summed E-state index contributed by atoms with van der Waals surface area (Å²) in [5.41, 5.74) is 0.945. The smallest absolute Gasteiger partial charge is 0.127 e. The average Bonchev–Trinajstić information content (AvgIpc) is 2.55. The van der Waals surface area contributed by atoms with E-state index in [2.05, 4.69) is 24.1 Å². The Morgan fingerprint density at radius 1 is 1.19 bits per heavy atom. The van der Waals surface area contributed by atoms with Crippen molar-refractivity contribution in [3.63, 3.8) is 0 Å². The number of methoxy groups -OCH3 is 2. The molecule has 0 radical (unpaired) electrons. The van der Waals surface area contributed by atoms with Crippen LogP contribution in [0.1, 0.15) is 25.5 Å². The third-order valence-electron chi connectivity index (χ3n) is 3.71. The lowest BCUT2D eigenvalue weighted by Gasteiger charge is -2.23. The van der Waals surface area contributed by atoms with Gasteiger partial charge in [0.15, 0.2) is 0 Å². The van der Waals surface area contributed by atoms with E-state index in [1.807, 2.05) is 18.2 Å². The van der Waals surface area contributed by atoms with Crippen LogP contribution in [-0.4, -0.2) is 57.0 Å². The zero-order valence-electron chi connectivity index (χ0n) is 13.6. The molecule has 0 saturated carbocycles. The minimum absolute atomic E-state index is 0.0287. The fraction of sp³-hybridized carbons (Fsp3) is 0.625. The molecular formula is C16H28N2O3. The molecule has 5 nitrogen and oxygen atoms in total. The third-order valence-corrected chi connectivity index (χ3v) is 3.71. The van der Waals surface area contributed by atoms with Gasteiger partial charge in [0, 0.05) is 24.7 Å². The first-order chi connectivity index (χ1) is 10.2. The Morgan fingerprint density at radius 3 is 2.43 bits per heavy atom. The van der Waals surface area contributed by atoms with Crippen LogP contribution in [0.4, 0.5) is 0 Å². The van der Waals surface area contributed by atoms with Gasteiger partial charge >= 0.3 is 0 Å². The lowest BCUT2D eigenvalue weighted by Crippen LogP contribution is -2.34. The summed E-state index contributed by atoms with van der Waals surface area (Å²) in [7, 11) is 3.25. The summed E-state index contributed by atoms with van der Waals surface area (Å²) in [6.45, 7) is 8.19. The molecule has 0 aromatic heterocycles. The van der Waals surface area contributed by atoms with Crippen LogP contribution >= 0.6 is 0 Å². The van der Waals surface area contributed by atoms with Gasteiger partial charge in [-0.25, -0.2) is 0 Å². The number of hydrogen-bond acceptors (Lipinski definition) is 5. The highest BCUT2D eigenvalue weighted by Crippen LogP contribution is 2.29. The Bertz CT molecular complexity index is 409. The molecule has 120 valence electrons. The number of nitrogens with one attached hydrogen (secondary N) is 1. The van der Waals surface area contributed by atoms with E-state index in [9.17, 15) is 5.11 Å². The first-order valence-corrected chi connectivity index (χ1v) is 7.48. The average molecular weight is 296 g/mol. The fourth-order valence-electron chi connectivity index (χ4n) is 2.32. The monoisotopic (exact) mass is 296 g/mol. The molecule has 5 heteroatoms. The zero-order chi connectivity index (χ0) is 15.7. The van der Waals surface area contributed by atoms with E-state index in [1.165, 1.54) is 0 Å². The largest absolute Gasteiger partial charge is 0.497 e. The minimum Gasteiger partial charge on any atom is -0.497 e.